The summed E-state index contributed by atoms with van der Waals surface area (Å²) < 4.78 is 22.3. The molecular formula is C23H27N5O10. The van der Waals surface area contributed by atoms with Crippen molar-refractivity contribution in [3.63, 3.8) is 0 Å². The molecule has 0 unspecified atom stereocenters. The molecule has 1 fully saturated rings. The van der Waals surface area contributed by atoms with E-state index in [1.807, 2.05) is 0 Å². The van der Waals surface area contributed by atoms with E-state index < -0.39 is 66.9 Å². The predicted molar refractivity (Wildman–Crippen MR) is 131 cm³/mol. The molecular weight excluding hydrogens is 506 g/mol. The number of hydrogen-bond donors (Lipinski definition) is 4. The molecule has 0 bridgehead atoms. The van der Waals surface area contributed by atoms with Gasteiger partial charge in [0.1, 0.15) is 23.3 Å². The van der Waals surface area contributed by atoms with E-state index >= 15 is 0 Å². The zero-order valence-electron chi connectivity index (χ0n) is 21.0. The lowest BCUT2D eigenvalue weighted by Gasteiger charge is -2.30. The van der Waals surface area contributed by atoms with Crippen LogP contribution in [-0.2, 0) is 28.5 Å². The number of nitrogens with zero attached hydrogens (tertiary/aromatic N) is 3. The van der Waals surface area contributed by atoms with Gasteiger partial charge in [0.25, 0.3) is 5.56 Å². The standard InChI is InChI=1S/C23H27N5O10/c1-10(2)20(32)35-9-36-22(33)26-13-5-15(31)27-18-16-12(13)6-28(19(16)25-8-24-18)21-23(4,34)17(37-11(3)30)14(7-29)38-21/h5-6,8,10,14,17,21,29,34H,7,9H2,1-4H3,(H,26,33)(H,24,25,27,31)/t14-,17-,21-,23-/m1/s1. The van der Waals surface area contributed by atoms with Crippen LogP contribution < -0.4 is 16.2 Å². The third-order valence-electron chi connectivity index (χ3n) is 5.95. The molecule has 4 N–H and O–H groups in total. The van der Waals surface area contributed by atoms with Crippen molar-refractivity contribution in [3.8, 4) is 0 Å². The highest BCUT2D eigenvalue weighted by molar-refractivity contribution is 6.12. The maximum atomic E-state index is 12.4. The molecule has 0 radical (unpaired) electrons. The van der Waals surface area contributed by atoms with Gasteiger partial charge in [0.2, 0.25) is 6.79 Å². The number of aromatic nitrogens is 2. The summed E-state index contributed by atoms with van der Waals surface area (Å²) in [5, 5.41) is 26.9. The lowest BCUT2D eigenvalue weighted by molar-refractivity contribution is -0.161. The van der Waals surface area contributed by atoms with Gasteiger partial charge in [0.05, 0.1) is 29.9 Å². The van der Waals surface area contributed by atoms with Gasteiger partial charge >= 0.3 is 18.0 Å². The van der Waals surface area contributed by atoms with Crippen LogP contribution in [0, 0.1) is 5.92 Å². The minimum absolute atomic E-state index is 0.0179. The van der Waals surface area contributed by atoms with E-state index in [0.29, 0.717) is 5.39 Å². The van der Waals surface area contributed by atoms with E-state index in [9.17, 15) is 29.4 Å². The van der Waals surface area contributed by atoms with E-state index in [2.05, 4.69) is 20.6 Å². The number of aliphatic hydroxyl groups excluding tert-OH is 1. The second kappa shape index (κ2) is 10.4. The number of carbonyl (C=O) groups excluding carboxylic acids is 3. The van der Waals surface area contributed by atoms with Crippen molar-refractivity contribution >= 4 is 52.5 Å². The van der Waals surface area contributed by atoms with Gasteiger partial charge in [0.15, 0.2) is 12.3 Å². The highest BCUT2D eigenvalue weighted by Crippen LogP contribution is 2.46. The molecule has 38 heavy (non-hydrogen) atoms. The van der Waals surface area contributed by atoms with Crippen molar-refractivity contribution < 1.29 is 43.5 Å². The summed E-state index contributed by atoms with van der Waals surface area (Å²) in [6.07, 6.45) is -1.75. The highest BCUT2D eigenvalue weighted by atomic mass is 16.7. The molecule has 0 spiro atoms. The van der Waals surface area contributed by atoms with Crippen molar-refractivity contribution in [3.05, 3.63) is 22.6 Å². The van der Waals surface area contributed by atoms with Gasteiger partial charge in [-0.25, -0.2) is 9.79 Å². The molecule has 0 aliphatic carbocycles. The van der Waals surface area contributed by atoms with E-state index in [4.69, 9.17) is 18.9 Å². The van der Waals surface area contributed by atoms with Gasteiger partial charge in [-0.2, -0.15) is 4.98 Å². The third-order valence-corrected chi connectivity index (χ3v) is 5.95. The van der Waals surface area contributed by atoms with E-state index in [1.54, 1.807) is 13.8 Å². The fraction of sp³-hybridized carbons (Fsp3) is 0.478. The number of amides is 1. The predicted octanol–water partition coefficient (Wildman–Crippen LogP) is 0.759. The topological polar surface area (TPSA) is 200 Å². The molecule has 2 aromatic rings. The largest absolute Gasteiger partial charge is 0.456 e. The highest BCUT2D eigenvalue weighted by Gasteiger charge is 2.56. The summed E-state index contributed by atoms with van der Waals surface area (Å²) in [6.45, 7) is 4.60. The van der Waals surface area contributed by atoms with Crippen molar-refractivity contribution in [2.45, 2.75) is 51.7 Å². The van der Waals surface area contributed by atoms with Crippen LogP contribution >= 0.6 is 0 Å². The first kappa shape index (κ1) is 27.0. The molecule has 15 heteroatoms. The Morgan fingerprint density at radius 1 is 1.32 bits per heavy atom. The number of ether oxygens (including phenoxy) is 4. The minimum Gasteiger partial charge on any atom is -0.456 e. The summed E-state index contributed by atoms with van der Waals surface area (Å²) in [6, 6.07) is 1.06. The maximum absolute atomic E-state index is 12.4. The fourth-order valence-corrected chi connectivity index (χ4v) is 4.23. The first-order valence-corrected chi connectivity index (χ1v) is 11.6. The van der Waals surface area contributed by atoms with E-state index in [-0.39, 0.29) is 22.7 Å². The Hall–Kier alpha value is -4.08. The Kier molecular flexibility index (Phi) is 7.35. The lowest BCUT2D eigenvalue weighted by atomic mass is 9.96. The number of hydrogen-bond acceptors (Lipinski definition) is 13. The van der Waals surface area contributed by atoms with Gasteiger partial charge in [-0.05, 0) is 6.92 Å². The normalized spacial score (nSPS) is 23.7. The molecule has 0 aromatic carbocycles. The molecule has 1 amide bonds. The van der Waals surface area contributed by atoms with Crippen LogP contribution in [-0.4, -0.2) is 75.3 Å². The first-order chi connectivity index (χ1) is 17.9. The van der Waals surface area contributed by atoms with Crippen LogP contribution in [0.3, 0.4) is 0 Å². The van der Waals surface area contributed by atoms with Gasteiger partial charge in [-0.1, -0.05) is 13.8 Å². The number of rotatable bonds is 7. The van der Waals surface area contributed by atoms with Crippen LogP contribution in [0.25, 0.3) is 10.8 Å². The van der Waals surface area contributed by atoms with Crippen molar-refractivity contribution in [2.24, 2.45) is 10.9 Å². The van der Waals surface area contributed by atoms with Gasteiger partial charge in [-0.3, -0.25) is 19.7 Å². The number of nitrogens with one attached hydrogen (secondary N) is 2. The lowest BCUT2D eigenvalue weighted by Crippen LogP contribution is -2.46. The van der Waals surface area contributed by atoms with Crippen LogP contribution in [0.2, 0.25) is 0 Å². The average molecular weight is 533 g/mol. The quantitative estimate of drug-likeness (QED) is 0.288. The monoisotopic (exact) mass is 533 g/mol. The second-order valence-corrected chi connectivity index (χ2v) is 9.17. The first-order valence-electron chi connectivity index (χ1n) is 11.6. The van der Waals surface area contributed by atoms with Crippen LogP contribution in [0.1, 0.15) is 33.9 Å². The maximum Gasteiger partial charge on any atom is 0.414 e. The number of esters is 2. The zero-order valence-corrected chi connectivity index (χ0v) is 21.0. The number of carbonyl (C=O) groups is 3. The van der Waals surface area contributed by atoms with Gasteiger partial charge in [0, 0.05) is 24.6 Å². The van der Waals surface area contributed by atoms with E-state index in [0.717, 1.165) is 6.07 Å². The summed E-state index contributed by atoms with van der Waals surface area (Å²) >= 11 is 0. The van der Waals surface area contributed by atoms with Crippen molar-refractivity contribution in [1.29, 1.82) is 0 Å². The summed E-state index contributed by atoms with van der Waals surface area (Å²) in [5.74, 6) is -1.34. The summed E-state index contributed by atoms with van der Waals surface area (Å²) in [4.78, 5) is 56.4. The third kappa shape index (κ3) is 5.03. The molecule has 15 nitrogen and oxygen atoms in total. The minimum atomic E-state index is -1.82. The fourth-order valence-electron chi connectivity index (χ4n) is 4.23. The molecule has 0 saturated carbocycles. The molecule has 204 valence electrons. The number of aliphatic hydroxyl groups is 2. The summed E-state index contributed by atoms with van der Waals surface area (Å²) in [7, 11) is 0. The zero-order chi connectivity index (χ0) is 27.8. The van der Waals surface area contributed by atoms with Crippen LogP contribution in [0.4, 0.5) is 22.1 Å². The smallest absolute Gasteiger partial charge is 0.414 e. The average Bonchev–Trinajstić information content (AvgIpc) is 3.28. The summed E-state index contributed by atoms with van der Waals surface area (Å²) in [5.41, 5.74) is -2.54. The molecule has 4 atom stereocenters. The molecule has 2 aromatic heterocycles. The molecule has 4 rings (SSSR count). The number of anilines is 2. The van der Waals surface area contributed by atoms with E-state index in [1.165, 1.54) is 30.9 Å². The molecule has 2 aliphatic rings. The Labute approximate surface area is 215 Å². The Bertz CT molecular complexity index is 1370. The molecule has 1 saturated heterocycles. The Balaban J connectivity index is 1.74. The SMILES string of the molecule is CC(=O)O[C@@H]1[C@@H](CO)O[C@@H](n2cc3c(NC(=O)OCOC(=O)C(C)C)cc(=O)nc4c3c2N=CN4)[C@]1(C)O. The Morgan fingerprint density at radius 3 is 2.71 bits per heavy atom. The second-order valence-electron chi connectivity index (χ2n) is 9.17. The molecule has 4 heterocycles. The van der Waals surface area contributed by atoms with Crippen molar-refractivity contribution in [2.75, 3.05) is 24.0 Å². The van der Waals surface area contributed by atoms with Gasteiger partial charge < -0.3 is 39.0 Å². The number of aliphatic imine (C=N–C) groups is 1. The van der Waals surface area contributed by atoms with Crippen LogP contribution in [0.5, 0.6) is 0 Å². The Morgan fingerprint density at radius 2 is 2.05 bits per heavy atom. The molecule has 2 aliphatic heterocycles. The van der Waals surface area contributed by atoms with Gasteiger partial charge in [-0.15, -0.1) is 0 Å². The van der Waals surface area contributed by atoms with Crippen molar-refractivity contribution in [1.82, 2.24) is 9.55 Å². The van der Waals surface area contributed by atoms with Crippen LogP contribution in [0.15, 0.2) is 22.1 Å².